The van der Waals surface area contributed by atoms with Crippen molar-refractivity contribution in [2.45, 2.75) is 12.8 Å². The highest BCUT2D eigenvalue weighted by atomic mass is 32.2. The lowest BCUT2D eigenvalue weighted by Gasteiger charge is -2.33. The monoisotopic (exact) mass is 421 g/mol. The summed E-state index contributed by atoms with van der Waals surface area (Å²) in [6.45, 7) is 2.56. The number of methoxy groups -OCH3 is 2. The van der Waals surface area contributed by atoms with Crippen molar-refractivity contribution >= 4 is 32.5 Å². The summed E-state index contributed by atoms with van der Waals surface area (Å²) in [6, 6.07) is 3.88. The summed E-state index contributed by atoms with van der Waals surface area (Å²) >= 11 is 0. The van der Waals surface area contributed by atoms with Gasteiger partial charge in [0.05, 0.1) is 44.0 Å². The maximum Gasteiger partial charge on any atom is 0.276 e. The number of nitrogens with zero attached hydrogens (tertiary/aromatic N) is 4. The second-order valence-electron chi connectivity index (χ2n) is 7.67. The van der Waals surface area contributed by atoms with E-state index in [-0.39, 0.29) is 0 Å². The fourth-order valence-electron chi connectivity index (χ4n) is 4.32. The molecule has 29 heavy (non-hydrogen) atoms. The number of ether oxygens (including phenoxy) is 2. The van der Waals surface area contributed by atoms with Crippen molar-refractivity contribution in [3.63, 3.8) is 0 Å². The third-order valence-electron chi connectivity index (χ3n) is 5.85. The molecule has 1 aromatic heterocycles. The van der Waals surface area contributed by atoms with Gasteiger partial charge in [-0.2, -0.15) is 12.7 Å². The topological polar surface area (TPSA) is 101 Å². The summed E-state index contributed by atoms with van der Waals surface area (Å²) in [6.07, 6.45) is 3.49. The van der Waals surface area contributed by atoms with Crippen LogP contribution in [0.3, 0.4) is 0 Å². The Bertz CT molecular complexity index is 1020. The molecule has 0 atom stereocenters. The zero-order chi connectivity index (χ0) is 20.8. The Labute approximate surface area is 171 Å². The summed E-state index contributed by atoms with van der Waals surface area (Å²) in [5.74, 6) is 1.72. The van der Waals surface area contributed by atoms with Gasteiger partial charge in [-0.25, -0.2) is 5.14 Å². The fraction of sp³-hybridized carbons (Fsp3) is 0.526. The van der Waals surface area contributed by atoms with Crippen LogP contribution in [-0.4, -0.2) is 65.3 Å². The van der Waals surface area contributed by atoms with Gasteiger partial charge >= 0.3 is 0 Å². The van der Waals surface area contributed by atoms with Crippen LogP contribution in [0.2, 0.25) is 0 Å². The van der Waals surface area contributed by atoms with Crippen molar-refractivity contribution in [1.82, 2.24) is 9.29 Å². The molecule has 0 bridgehead atoms. The van der Waals surface area contributed by atoms with E-state index in [9.17, 15) is 8.42 Å². The van der Waals surface area contributed by atoms with Gasteiger partial charge in [0.1, 0.15) is 0 Å². The molecule has 4 rings (SSSR count). The molecule has 9 nitrogen and oxygen atoms in total. The number of nitrogens with two attached hydrogens (primary N) is 1. The van der Waals surface area contributed by atoms with Crippen LogP contribution < -0.4 is 24.4 Å². The standard InChI is InChI=1S/C19H27N5O4S/c1-22-12-23(11-13-4-6-24(7-5-13)29(20,25)26)19-14-8-17(27-2)18(28-3)9-15(14)21-10-16(19)22/h8-10,13H,4-7,11-12H2,1-3H3,(H2,20,25,26). The zero-order valence-electron chi connectivity index (χ0n) is 17.0. The van der Waals surface area contributed by atoms with E-state index >= 15 is 0 Å². The van der Waals surface area contributed by atoms with Gasteiger partial charge < -0.3 is 19.3 Å². The molecule has 0 amide bonds. The smallest absolute Gasteiger partial charge is 0.276 e. The molecule has 2 aliphatic rings. The maximum absolute atomic E-state index is 11.6. The van der Waals surface area contributed by atoms with Gasteiger partial charge in [0.2, 0.25) is 0 Å². The van der Waals surface area contributed by atoms with E-state index in [1.54, 1.807) is 14.2 Å². The Balaban J connectivity index is 1.63. The second kappa shape index (κ2) is 7.51. The number of piperidine rings is 1. The number of anilines is 2. The highest BCUT2D eigenvalue weighted by Crippen LogP contribution is 2.44. The molecule has 0 aliphatic carbocycles. The van der Waals surface area contributed by atoms with Crippen molar-refractivity contribution in [2.24, 2.45) is 11.1 Å². The quantitative estimate of drug-likeness (QED) is 0.778. The Hall–Kier alpha value is -2.30. The summed E-state index contributed by atoms with van der Waals surface area (Å²) in [4.78, 5) is 9.14. The number of rotatable bonds is 5. The summed E-state index contributed by atoms with van der Waals surface area (Å²) in [5, 5.41) is 6.29. The molecule has 2 N–H and O–H groups in total. The first kappa shape index (κ1) is 20.0. The molecule has 10 heteroatoms. The minimum Gasteiger partial charge on any atom is -0.493 e. The molecule has 158 valence electrons. The molecule has 1 aromatic carbocycles. The van der Waals surface area contributed by atoms with Crippen molar-refractivity contribution in [1.29, 1.82) is 0 Å². The Morgan fingerprint density at radius 1 is 1.17 bits per heavy atom. The predicted molar refractivity (Wildman–Crippen MR) is 113 cm³/mol. The third kappa shape index (κ3) is 3.67. The van der Waals surface area contributed by atoms with E-state index in [0.29, 0.717) is 30.5 Å². The largest absolute Gasteiger partial charge is 0.493 e. The van der Waals surface area contributed by atoms with Gasteiger partial charge in [-0.3, -0.25) is 4.98 Å². The lowest BCUT2D eigenvalue weighted by Crippen LogP contribution is -2.44. The van der Waals surface area contributed by atoms with Gasteiger partial charge in [-0.15, -0.1) is 0 Å². The van der Waals surface area contributed by atoms with E-state index in [4.69, 9.17) is 14.6 Å². The molecular weight excluding hydrogens is 394 g/mol. The van der Waals surface area contributed by atoms with Gasteiger partial charge in [0.25, 0.3) is 10.2 Å². The molecule has 1 saturated heterocycles. The third-order valence-corrected chi connectivity index (χ3v) is 6.93. The number of aromatic nitrogens is 1. The van der Waals surface area contributed by atoms with Gasteiger partial charge in [0.15, 0.2) is 11.5 Å². The van der Waals surface area contributed by atoms with Crippen LogP contribution in [0.4, 0.5) is 11.4 Å². The molecule has 1 fully saturated rings. The Kier molecular flexibility index (Phi) is 5.18. The molecule has 0 spiro atoms. The maximum atomic E-state index is 11.6. The number of hydrogen-bond acceptors (Lipinski definition) is 7. The normalized spacial score (nSPS) is 18.3. The van der Waals surface area contributed by atoms with Crippen molar-refractivity contribution in [3.8, 4) is 11.5 Å². The zero-order valence-corrected chi connectivity index (χ0v) is 17.8. The number of hydrogen-bond donors (Lipinski definition) is 1. The lowest BCUT2D eigenvalue weighted by molar-refractivity contribution is 0.276. The summed E-state index contributed by atoms with van der Waals surface area (Å²) in [5.41, 5.74) is 3.06. The molecule has 0 radical (unpaired) electrons. The summed E-state index contributed by atoms with van der Waals surface area (Å²) < 4.78 is 35.4. The van der Waals surface area contributed by atoms with Crippen LogP contribution in [0.15, 0.2) is 18.3 Å². The second-order valence-corrected chi connectivity index (χ2v) is 9.21. The fourth-order valence-corrected chi connectivity index (χ4v) is 5.04. The van der Waals surface area contributed by atoms with E-state index in [2.05, 4.69) is 21.8 Å². The first-order valence-corrected chi connectivity index (χ1v) is 11.1. The van der Waals surface area contributed by atoms with Crippen LogP contribution >= 0.6 is 0 Å². The van der Waals surface area contributed by atoms with Crippen molar-refractivity contribution in [2.75, 3.05) is 57.4 Å². The van der Waals surface area contributed by atoms with E-state index in [1.807, 2.05) is 18.3 Å². The Morgan fingerprint density at radius 2 is 1.83 bits per heavy atom. The highest BCUT2D eigenvalue weighted by Gasteiger charge is 2.31. The van der Waals surface area contributed by atoms with Gasteiger partial charge in [-0.05, 0) is 24.8 Å². The number of benzene rings is 1. The van der Waals surface area contributed by atoms with Gasteiger partial charge in [0, 0.05) is 38.1 Å². The van der Waals surface area contributed by atoms with Crippen LogP contribution in [0, 0.1) is 5.92 Å². The predicted octanol–water partition coefficient (Wildman–Crippen LogP) is 1.38. The highest BCUT2D eigenvalue weighted by molar-refractivity contribution is 7.86. The minimum absolute atomic E-state index is 0.399. The van der Waals surface area contributed by atoms with Crippen LogP contribution in [0.25, 0.3) is 10.9 Å². The molecule has 0 saturated carbocycles. The first-order valence-electron chi connectivity index (χ1n) is 9.60. The molecule has 3 heterocycles. The SMILES string of the molecule is COc1cc2ncc3c(c2cc1OC)N(CC1CCN(S(N)(=O)=O)CC1)CN3C. The van der Waals surface area contributed by atoms with Gasteiger partial charge in [-0.1, -0.05) is 0 Å². The summed E-state index contributed by atoms with van der Waals surface area (Å²) in [7, 11) is 1.70. The van der Waals surface area contributed by atoms with Crippen LogP contribution in [-0.2, 0) is 10.2 Å². The van der Waals surface area contributed by atoms with Crippen molar-refractivity contribution < 1.29 is 17.9 Å². The number of pyridine rings is 1. The molecule has 0 unspecified atom stereocenters. The average molecular weight is 422 g/mol. The molecule has 2 aliphatic heterocycles. The lowest BCUT2D eigenvalue weighted by atomic mass is 9.97. The van der Waals surface area contributed by atoms with E-state index in [1.165, 1.54) is 4.31 Å². The average Bonchev–Trinajstić information content (AvgIpc) is 3.02. The van der Waals surface area contributed by atoms with Crippen molar-refractivity contribution in [3.05, 3.63) is 18.3 Å². The number of fused-ring (bicyclic) bond motifs is 3. The molecular formula is C19H27N5O4S. The Morgan fingerprint density at radius 3 is 2.45 bits per heavy atom. The van der Waals surface area contributed by atoms with Crippen LogP contribution in [0.5, 0.6) is 11.5 Å². The van der Waals surface area contributed by atoms with E-state index in [0.717, 1.165) is 48.3 Å². The van der Waals surface area contributed by atoms with E-state index < -0.39 is 10.2 Å². The first-order chi connectivity index (χ1) is 13.8. The van der Waals surface area contributed by atoms with Crippen LogP contribution in [0.1, 0.15) is 12.8 Å². The molecule has 2 aromatic rings. The minimum atomic E-state index is -3.60.